The molecule has 96 valence electrons. The smallest absolute Gasteiger partial charge is 0.333 e. The van der Waals surface area contributed by atoms with E-state index in [9.17, 15) is 4.79 Å². The Balaban J connectivity index is 2.23. The van der Waals surface area contributed by atoms with Crippen molar-refractivity contribution in [3.8, 4) is 11.5 Å². The van der Waals surface area contributed by atoms with Crippen LogP contribution in [0, 0.1) is 6.92 Å². The van der Waals surface area contributed by atoms with Gasteiger partial charge in [0.1, 0.15) is 11.4 Å². The molecule has 0 saturated heterocycles. The maximum atomic E-state index is 11.6. The Morgan fingerprint density at radius 3 is 2.83 bits per heavy atom. The van der Waals surface area contributed by atoms with E-state index in [1.807, 2.05) is 0 Å². The molecule has 2 heterocycles. The predicted octanol–water partition coefficient (Wildman–Crippen LogP) is 1.84. The molecule has 0 aliphatic rings. The van der Waals surface area contributed by atoms with Crippen LogP contribution in [0.4, 0.5) is 10.5 Å². The number of hydrogen-bond acceptors (Lipinski definition) is 5. The van der Waals surface area contributed by atoms with Gasteiger partial charge in [-0.25, -0.2) is 9.80 Å². The Morgan fingerprint density at radius 2 is 2.22 bits per heavy atom. The third kappa shape index (κ3) is 2.51. The average molecular weight is 250 g/mol. The van der Waals surface area contributed by atoms with E-state index < -0.39 is 0 Å². The van der Waals surface area contributed by atoms with E-state index in [2.05, 4.69) is 15.9 Å². The molecule has 2 amide bonds. The zero-order valence-electron chi connectivity index (χ0n) is 10.4. The Labute approximate surface area is 104 Å². The average Bonchev–Trinajstić information content (AvgIpc) is 2.88. The van der Waals surface area contributed by atoms with Crippen molar-refractivity contribution in [2.24, 2.45) is 0 Å². The number of aryl methyl sites for hydroxylation is 1. The fourth-order valence-corrected chi connectivity index (χ4v) is 1.44. The molecule has 0 bridgehead atoms. The lowest BCUT2D eigenvalue weighted by molar-refractivity contribution is 0.224. The summed E-state index contributed by atoms with van der Waals surface area (Å²) in [7, 11) is 3.43. The first-order chi connectivity index (χ1) is 8.58. The molecule has 7 nitrogen and oxygen atoms in total. The highest BCUT2D eigenvalue weighted by Gasteiger charge is 2.19. The van der Waals surface area contributed by atoms with Gasteiger partial charge in [0.2, 0.25) is 5.76 Å². The van der Waals surface area contributed by atoms with Crippen molar-refractivity contribution >= 4 is 11.7 Å². The molecule has 0 aliphatic heterocycles. The van der Waals surface area contributed by atoms with Crippen LogP contribution < -0.4 is 10.7 Å². The Morgan fingerprint density at radius 1 is 1.44 bits per heavy atom. The highest BCUT2D eigenvalue weighted by atomic mass is 16.5. The first kappa shape index (κ1) is 12.2. The van der Waals surface area contributed by atoms with Gasteiger partial charge in [0.05, 0.1) is 6.26 Å². The highest BCUT2D eigenvalue weighted by molar-refractivity contribution is 5.93. The van der Waals surface area contributed by atoms with Gasteiger partial charge in [0.25, 0.3) is 0 Å². The Hall–Kier alpha value is -2.28. The van der Waals surface area contributed by atoms with E-state index in [1.54, 1.807) is 33.2 Å². The first-order valence-electron chi connectivity index (χ1n) is 5.33. The molecule has 0 radical (unpaired) electrons. The van der Waals surface area contributed by atoms with Crippen LogP contribution in [-0.4, -0.2) is 30.3 Å². The fourth-order valence-electron chi connectivity index (χ4n) is 1.44. The summed E-state index contributed by atoms with van der Waals surface area (Å²) >= 11 is 0. The van der Waals surface area contributed by atoms with E-state index >= 15 is 0 Å². The van der Waals surface area contributed by atoms with Crippen LogP contribution in [0.5, 0.6) is 0 Å². The third-order valence-corrected chi connectivity index (χ3v) is 2.17. The zero-order chi connectivity index (χ0) is 13.1. The van der Waals surface area contributed by atoms with E-state index in [-0.39, 0.29) is 6.03 Å². The number of carbonyl (C=O) groups excluding carboxylic acids is 1. The van der Waals surface area contributed by atoms with Gasteiger partial charge in [-0.2, -0.15) is 0 Å². The van der Waals surface area contributed by atoms with Gasteiger partial charge >= 0.3 is 6.03 Å². The largest absolute Gasteiger partial charge is 0.461 e. The van der Waals surface area contributed by atoms with Crippen molar-refractivity contribution in [1.29, 1.82) is 0 Å². The second-order valence-corrected chi connectivity index (χ2v) is 3.91. The van der Waals surface area contributed by atoms with Gasteiger partial charge in [-0.3, -0.25) is 5.43 Å². The van der Waals surface area contributed by atoms with Crippen LogP contribution in [0.15, 0.2) is 27.3 Å². The maximum absolute atomic E-state index is 11.6. The summed E-state index contributed by atoms with van der Waals surface area (Å²) in [6, 6.07) is 3.09. The summed E-state index contributed by atoms with van der Waals surface area (Å²) < 4.78 is 10.4. The molecular formula is C11H14N4O3. The van der Waals surface area contributed by atoms with E-state index in [4.69, 9.17) is 8.94 Å². The Kier molecular flexibility index (Phi) is 3.33. The minimum absolute atomic E-state index is 0.376. The lowest BCUT2D eigenvalue weighted by Gasteiger charge is -2.12. The highest BCUT2D eigenvalue weighted by Crippen LogP contribution is 2.30. The van der Waals surface area contributed by atoms with Crippen LogP contribution in [0.1, 0.15) is 5.69 Å². The molecule has 2 aromatic heterocycles. The van der Waals surface area contributed by atoms with Crippen molar-refractivity contribution in [1.82, 2.24) is 15.6 Å². The van der Waals surface area contributed by atoms with Crippen LogP contribution in [0.25, 0.3) is 11.5 Å². The number of furan rings is 1. The number of carbonyl (C=O) groups is 1. The molecule has 0 aromatic carbocycles. The van der Waals surface area contributed by atoms with Gasteiger partial charge in [-0.05, 0) is 19.1 Å². The van der Waals surface area contributed by atoms with Gasteiger partial charge in [-0.15, -0.1) is 0 Å². The van der Waals surface area contributed by atoms with Gasteiger partial charge in [-0.1, -0.05) is 5.16 Å². The van der Waals surface area contributed by atoms with E-state index in [0.717, 1.165) is 0 Å². The lowest BCUT2D eigenvalue weighted by Crippen LogP contribution is -2.39. The second-order valence-electron chi connectivity index (χ2n) is 3.91. The van der Waals surface area contributed by atoms with E-state index in [1.165, 1.54) is 11.3 Å². The second kappa shape index (κ2) is 4.92. The van der Waals surface area contributed by atoms with Crippen molar-refractivity contribution < 1.29 is 13.7 Å². The minimum Gasteiger partial charge on any atom is -0.461 e. The number of urea groups is 1. The number of amides is 2. The summed E-state index contributed by atoms with van der Waals surface area (Å²) in [6.07, 6.45) is 1.52. The number of aromatic nitrogens is 1. The number of hydrazine groups is 1. The minimum atomic E-state index is -0.376. The number of nitrogens with zero attached hydrogens (tertiary/aromatic N) is 2. The first-order valence-corrected chi connectivity index (χ1v) is 5.33. The monoisotopic (exact) mass is 250 g/mol. The van der Waals surface area contributed by atoms with Crippen LogP contribution in [0.3, 0.4) is 0 Å². The number of anilines is 1. The molecule has 0 fully saturated rings. The summed E-state index contributed by atoms with van der Waals surface area (Å²) in [4.78, 5) is 11.6. The van der Waals surface area contributed by atoms with Crippen molar-refractivity contribution in [3.05, 3.63) is 24.1 Å². The van der Waals surface area contributed by atoms with Gasteiger partial charge in [0.15, 0.2) is 5.76 Å². The molecule has 0 spiro atoms. The molecule has 7 heteroatoms. The molecule has 2 N–H and O–H groups in total. The molecule has 2 aromatic rings. The van der Waals surface area contributed by atoms with Crippen LogP contribution in [-0.2, 0) is 0 Å². The normalized spacial score (nSPS) is 10.7. The summed E-state index contributed by atoms with van der Waals surface area (Å²) in [5.74, 6) is 0.905. The van der Waals surface area contributed by atoms with Crippen LogP contribution in [0.2, 0.25) is 0 Å². The SMILES string of the molecule is Cc1noc(-c2ccco2)c1NC(=O)NN(C)C. The number of nitrogens with one attached hydrogen (secondary N) is 2. The number of hydrogen-bond donors (Lipinski definition) is 2. The zero-order valence-corrected chi connectivity index (χ0v) is 10.4. The fraction of sp³-hybridized carbons (Fsp3) is 0.273. The standard InChI is InChI=1S/C11H14N4O3/c1-7-9(12-11(16)13-15(2)3)10(18-14-7)8-5-4-6-17-8/h4-6H,1-3H3,(H2,12,13,16). The number of rotatable bonds is 3. The van der Waals surface area contributed by atoms with Crippen LogP contribution >= 0.6 is 0 Å². The quantitative estimate of drug-likeness (QED) is 0.812. The molecular weight excluding hydrogens is 236 g/mol. The van der Waals surface area contributed by atoms with Gasteiger partial charge < -0.3 is 14.3 Å². The summed E-state index contributed by atoms with van der Waals surface area (Å²) in [5.41, 5.74) is 3.63. The molecule has 2 rings (SSSR count). The predicted molar refractivity (Wildman–Crippen MR) is 64.8 cm³/mol. The van der Waals surface area contributed by atoms with Gasteiger partial charge in [0, 0.05) is 14.1 Å². The van der Waals surface area contributed by atoms with E-state index in [0.29, 0.717) is 22.9 Å². The molecule has 0 saturated carbocycles. The molecule has 0 unspecified atom stereocenters. The third-order valence-electron chi connectivity index (χ3n) is 2.17. The topological polar surface area (TPSA) is 83.5 Å². The van der Waals surface area contributed by atoms with Crippen molar-refractivity contribution in [2.75, 3.05) is 19.4 Å². The summed E-state index contributed by atoms with van der Waals surface area (Å²) in [6.45, 7) is 1.74. The molecule has 0 aliphatic carbocycles. The van der Waals surface area contributed by atoms with Crippen molar-refractivity contribution in [3.63, 3.8) is 0 Å². The molecule has 0 atom stereocenters. The lowest BCUT2D eigenvalue weighted by atomic mass is 10.2. The summed E-state index contributed by atoms with van der Waals surface area (Å²) in [5, 5.41) is 8.02. The van der Waals surface area contributed by atoms with Crippen molar-refractivity contribution in [2.45, 2.75) is 6.92 Å². The molecule has 18 heavy (non-hydrogen) atoms. The maximum Gasteiger partial charge on any atom is 0.333 e. The Bertz CT molecular complexity index is 530.